The van der Waals surface area contributed by atoms with Crippen LogP contribution in [0.5, 0.6) is 5.75 Å². The van der Waals surface area contributed by atoms with Crippen molar-refractivity contribution in [1.82, 2.24) is 4.90 Å². The quantitative estimate of drug-likeness (QED) is 0.725. The summed E-state index contributed by atoms with van der Waals surface area (Å²) in [5, 5.41) is 0. The highest BCUT2D eigenvalue weighted by Gasteiger charge is 2.42. The largest absolute Gasteiger partial charge is 0.497 e. The van der Waals surface area contributed by atoms with Crippen LogP contribution in [-0.2, 0) is 14.3 Å². The normalized spacial score (nSPS) is 17.5. The summed E-state index contributed by atoms with van der Waals surface area (Å²) >= 11 is 1.33. The standard InChI is InChI=1S/C21H20N2O4S/c1-26-16-9-7-15(8-10-16)23-20(24)18(22-11-13-27-14-12-22)19(21(23)25)28-17-5-3-2-4-6-17/h2-10H,11-14H2,1H3. The van der Waals surface area contributed by atoms with Gasteiger partial charge >= 0.3 is 0 Å². The van der Waals surface area contributed by atoms with Crippen molar-refractivity contribution >= 4 is 29.3 Å². The van der Waals surface area contributed by atoms with E-state index < -0.39 is 0 Å². The Bertz CT molecular complexity index is 906. The van der Waals surface area contributed by atoms with Gasteiger partial charge < -0.3 is 14.4 Å². The molecule has 0 aromatic heterocycles. The van der Waals surface area contributed by atoms with Crippen LogP contribution in [-0.4, -0.2) is 50.1 Å². The van der Waals surface area contributed by atoms with Crippen molar-refractivity contribution in [2.24, 2.45) is 0 Å². The number of anilines is 1. The molecule has 144 valence electrons. The smallest absolute Gasteiger partial charge is 0.283 e. The van der Waals surface area contributed by atoms with Gasteiger partial charge in [-0.15, -0.1) is 0 Å². The number of thioether (sulfide) groups is 1. The highest BCUT2D eigenvalue weighted by molar-refractivity contribution is 8.04. The minimum absolute atomic E-state index is 0.296. The van der Waals surface area contributed by atoms with Crippen molar-refractivity contribution in [2.45, 2.75) is 4.90 Å². The molecule has 28 heavy (non-hydrogen) atoms. The van der Waals surface area contributed by atoms with Crippen LogP contribution in [0.4, 0.5) is 5.69 Å². The third-order valence-electron chi connectivity index (χ3n) is 4.64. The first-order chi connectivity index (χ1) is 13.7. The lowest BCUT2D eigenvalue weighted by Crippen LogP contribution is -2.40. The number of nitrogens with zero attached hydrogens (tertiary/aromatic N) is 2. The number of ether oxygens (including phenoxy) is 2. The average molecular weight is 396 g/mol. The molecule has 2 aromatic carbocycles. The van der Waals surface area contributed by atoms with Crippen molar-refractivity contribution in [1.29, 1.82) is 0 Å². The molecular weight excluding hydrogens is 376 g/mol. The molecule has 7 heteroatoms. The number of hydrogen-bond donors (Lipinski definition) is 0. The zero-order chi connectivity index (χ0) is 19.5. The van der Waals surface area contributed by atoms with Crippen LogP contribution in [0.3, 0.4) is 0 Å². The van der Waals surface area contributed by atoms with E-state index in [1.54, 1.807) is 31.4 Å². The van der Waals surface area contributed by atoms with Gasteiger partial charge in [-0.2, -0.15) is 0 Å². The van der Waals surface area contributed by atoms with E-state index in [4.69, 9.17) is 9.47 Å². The Balaban J connectivity index is 1.71. The first-order valence-corrected chi connectivity index (χ1v) is 9.83. The summed E-state index contributed by atoms with van der Waals surface area (Å²) in [5.41, 5.74) is 0.989. The Morgan fingerprint density at radius 1 is 0.929 bits per heavy atom. The first kappa shape index (κ1) is 18.6. The van der Waals surface area contributed by atoms with E-state index in [1.807, 2.05) is 35.2 Å². The van der Waals surface area contributed by atoms with Crippen LogP contribution in [0, 0.1) is 0 Å². The van der Waals surface area contributed by atoms with E-state index in [1.165, 1.54) is 16.7 Å². The fourth-order valence-electron chi connectivity index (χ4n) is 3.23. The van der Waals surface area contributed by atoms with Gasteiger partial charge in [0.05, 0.1) is 26.0 Å². The third-order valence-corrected chi connectivity index (χ3v) is 5.72. The maximum absolute atomic E-state index is 13.3. The Hall–Kier alpha value is -2.77. The van der Waals surface area contributed by atoms with E-state index in [2.05, 4.69) is 0 Å². The topological polar surface area (TPSA) is 59.1 Å². The minimum Gasteiger partial charge on any atom is -0.497 e. The van der Waals surface area contributed by atoms with Crippen LogP contribution in [0.1, 0.15) is 0 Å². The van der Waals surface area contributed by atoms with E-state index in [9.17, 15) is 9.59 Å². The molecule has 1 saturated heterocycles. The van der Waals surface area contributed by atoms with Crippen LogP contribution in [0.15, 0.2) is 70.1 Å². The number of carbonyl (C=O) groups is 2. The summed E-state index contributed by atoms with van der Waals surface area (Å²) in [6, 6.07) is 16.6. The van der Waals surface area contributed by atoms with Crippen LogP contribution in [0.25, 0.3) is 0 Å². The number of morpholine rings is 1. The second kappa shape index (κ2) is 8.08. The maximum Gasteiger partial charge on any atom is 0.283 e. The molecule has 0 bridgehead atoms. The number of carbonyl (C=O) groups excluding carboxylic acids is 2. The lowest BCUT2D eigenvalue weighted by atomic mass is 10.2. The number of benzene rings is 2. The summed E-state index contributed by atoms with van der Waals surface area (Å²) in [7, 11) is 1.58. The molecular formula is C21H20N2O4S. The first-order valence-electron chi connectivity index (χ1n) is 9.02. The van der Waals surface area contributed by atoms with Gasteiger partial charge in [0.15, 0.2) is 0 Å². The number of imide groups is 1. The van der Waals surface area contributed by atoms with Crippen LogP contribution < -0.4 is 9.64 Å². The molecule has 0 spiro atoms. The lowest BCUT2D eigenvalue weighted by molar-refractivity contribution is -0.121. The Morgan fingerprint density at radius 3 is 2.25 bits per heavy atom. The predicted octanol–water partition coefficient (Wildman–Crippen LogP) is 2.90. The van der Waals surface area contributed by atoms with Gasteiger partial charge in [-0.05, 0) is 36.4 Å². The Kier molecular flexibility index (Phi) is 5.36. The van der Waals surface area contributed by atoms with E-state index in [0.717, 1.165) is 4.90 Å². The molecule has 2 heterocycles. The molecule has 0 N–H and O–H groups in total. The molecule has 2 aromatic rings. The van der Waals surface area contributed by atoms with Crippen molar-refractivity contribution in [3.63, 3.8) is 0 Å². The predicted molar refractivity (Wildman–Crippen MR) is 107 cm³/mol. The fourth-order valence-corrected chi connectivity index (χ4v) is 4.25. The van der Waals surface area contributed by atoms with Gasteiger partial charge in [-0.1, -0.05) is 30.0 Å². The van der Waals surface area contributed by atoms with Gasteiger partial charge in [-0.3, -0.25) is 9.59 Å². The highest BCUT2D eigenvalue weighted by atomic mass is 32.2. The minimum atomic E-state index is -0.300. The van der Waals surface area contributed by atoms with Gasteiger partial charge in [0.25, 0.3) is 11.8 Å². The average Bonchev–Trinajstić information content (AvgIpc) is 2.99. The molecule has 0 atom stereocenters. The van der Waals surface area contributed by atoms with Crippen molar-refractivity contribution < 1.29 is 19.1 Å². The van der Waals surface area contributed by atoms with Gasteiger partial charge in [0, 0.05) is 18.0 Å². The van der Waals surface area contributed by atoms with Gasteiger partial charge in [0.1, 0.15) is 16.4 Å². The second-order valence-corrected chi connectivity index (χ2v) is 7.42. The Labute approximate surface area is 167 Å². The molecule has 2 aliphatic rings. The van der Waals surface area contributed by atoms with Crippen molar-refractivity contribution in [3.05, 3.63) is 65.2 Å². The van der Waals surface area contributed by atoms with E-state index in [-0.39, 0.29) is 11.8 Å². The number of rotatable bonds is 5. The molecule has 6 nitrogen and oxygen atoms in total. The zero-order valence-corrected chi connectivity index (χ0v) is 16.3. The third kappa shape index (κ3) is 3.50. The summed E-state index contributed by atoms with van der Waals surface area (Å²) in [6.45, 7) is 2.25. The van der Waals surface area contributed by atoms with Gasteiger partial charge in [0.2, 0.25) is 0 Å². The molecule has 2 aliphatic heterocycles. The van der Waals surface area contributed by atoms with Crippen molar-refractivity contribution in [2.75, 3.05) is 38.3 Å². The molecule has 0 unspecified atom stereocenters. The van der Waals surface area contributed by atoms with Crippen LogP contribution >= 0.6 is 11.8 Å². The molecule has 4 rings (SSSR count). The molecule has 2 amide bonds. The molecule has 1 fully saturated rings. The summed E-state index contributed by atoms with van der Waals surface area (Å²) in [6.07, 6.45) is 0. The van der Waals surface area contributed by atoms with Gasteiger partial charge in [-0.25, -0.2) is 4.90 Å². The van der Waals surface area contributed by atoms with E-state index >= 15 is 0 Å². The van der Waals surface area contributed by atoms with Crippen LogP contribution in [0.2, 0.25) is 0 Å². The molecule has 0 aliphatic carbocycles. The molecule has 0 radical (unpaired) electrons. The fraction of sp³-hybridized carbons (Fsp3) is 0.238. The second-order valence-electron chi connectivity index (χ2n) is 6.34. The zero-order valence-electron chi connectivity index (χ0n) is 15.5. The van der Waals surface area contributed by atoms with E-state index in [0.29, 0.717) is 48.3 Å². The maximum atomic E-state index is 13.3. The monoisotopic (exact) mass is 396 g/mol. The van der Waals surface area contributed by atoms with Crippen molar-refractivity contribution in [3.8, 4) is 5.75 Å². The number of hydrogen-bond acceptors (Lipinski definition) is 6. The number of methoxy groups -OCH3 is 1. The summed E-state index contributed by atoms with van der Waals surface area (Å²) in [5.74, 6) is 0.0732. The summed E-state index contributed by atoms with van der Waals surface area (Å²) < 4.78 is 10.6. The highest BCUT2D eigenvalue weighted by Crippen LogP contribution is 2.39. The Morgan fingerprint density at radius 2 is 1.61 bits per heavy atom. The summed E-state index contributed by atoms with van der Waals surface area (Å²) in [4.78, 5) is 31.1. The SMILES string of the molecule is COc1ccc(N2C(=O)C(Sc3ccccc3)=C(N3CCOCC3)C2=O)cc1. The number of amides is 2. The molecule has 0 saturated carbocycles. The lowest BCUT2D eigenvalue weighted by Gasteiger charge is -2.29.